The highest BCUT2D eigenvalue weighted by molar-refractivity contribution is 5.03. The van der Waals surface area contributed by atoms with Crippen molar-refractivity contribution in [1.29, 1.82) is 0 Å². The SMILES string of the molecule is CC/C=C(\NCCC(C)C)C(C)CCC. The van der Waals surface area contributed by atoms with Gasteiger partial charge in [0.15, 0.2) is 0 Å². The van der Waals surface area contributed by atoms with Crippen molar-refractivity contribution in [3.05, 3.63) is 11.8 Å². The van der Waals surface area contributed by atoms with Crippen LogP contribution in [0.5, 0.6) is 0 Å². The summed E-state index contributed by atoms with van der Waals surface area (Å²) in [5.74, 6) is 1.49. The van der Waals surface area contributed by atoms with E-state index in [1.807, 2.05) is 0 Å². The molecule has 1 nitrogen and oxygen atoms in total. The Kier molecular flexibility index (Phi) is 8.55. The van der Waals surface area contributed by atoms with Gasteiger partial charge in [0, 0.05) is 12.2 Å². The standard InChI is InChI=1S/C14H29N/c1-6-8-13(5)14(9-7-2)15-11-10-12(3)4/h9,12-13,15H,6-8,10-11H2,1-5H3/b14-9-. The molecule has 0 spiro atoms. The van der Waals surface area contributed by atoms with Gasteiger partial charge in [0.05, 0.1) is 0 Å². The van der Waals surface area contributed by atoms with Gasteiger partial charge in [0.25, 0.3) is 0 Å². The van der Waals surface area contributed by atoms with Crippen molar-refractivity contribution >= 4 is 0 Å². The highest BCUT2D eigenvalue weighted by Crippen LogP contribution is 2.15. The van der Waals surface area contributed by atoms with E-state index in [1.54, 1.807) is 0 Å². The lowest BCUT2D eigenvalue weighted by molar-refractivity contribution is 0.512. The first kappa shape index (κ1) is 14.5. The Bertz CT molecular complexity index is 170. The van der Waals surface area contributed by atoms with Crippen LogP contribution in [0.2, 0.25) is 0 Å². The maximum Gasteiger partial charge on any atom is 0.0146 e. The van der Waals surface area contributed by atoms with Crippen LogP contribution in [0.15, 0.2) is 11.8 Å². The lowest BCUT2D eigenvalue weighted by Crippen LogP contribution is -2.21. The molecule has 0 aliphatic heterocycles. The van der Waals surface area contributed by atoms with E-state index < -0.39 is 0 Å². The molecule has 1 N–H and O–H groups in total. The molecule has 1 unspecified atom stereocenters. The maximum atomic E-state index is 3.60. The van der Waals surface area contributed by atoms with Crippen LogP contribution in [0.4, 0.5) is 0 Å². The third-order valence-electron chi connectivity index (χ3n) is 2.73. The van der Waals surface area contributed by atoms with Crippen LogP contribution in [0.3, 0.4) is 0 Å². The van der Waals surface area contributed by atoms with Gasteiger partial charge in [0.1, 0.15) is 0 Å². The predicted octanol–water partition coefficient (Wildman–Crippen LogP) is 4.35. The van der Waals surface area contributed by atoms with Crippen LogP contribution in [0.25, 0.3) is 0 Å². The molecule has 0 saturated carbocycles. The largest absolute Gasteiger partial charge is 0.388 e. The van der Waals surface area contributed by atoms with Gasteiger partial charge in [-0.1, -0.05) is 47.1 Å². The molecule has 0 radical (unpaired) electrons. The molecule has 15 heavy (non-hydrogen) atoms. The molecule has 0 aromatic rings. The fraction of sp³-hybridized carbons (Fsp3) is 0.857. The highest BCUT2D eigenvalue weighted by Gasteiger charge is 2.06. The van der Waals surface area contributed by atoms with Crippen molar-refractivity contribution in [2.75, 3.05) is 6.54 Å². The molecule has 0 saturated heterocycles. The normalized spacial score (nSPS) is 14.4. The first-order valence-electron chi connectivity index (χ1n) is 6.55. The zero-order valence-corrected chi connectivity index (χ0v) is 11.3. The Morgan fingerprint density at radius 3 is 2.27 bits per heavy atom. The third-order valence-corrected chi connectivity index (χ3v) is 2.73. The smallest absolute Gasteiger partial charge is 0.0146 e. The molecule has 0 rings (SSSR count). The van der Waals surface area contributed by atoms with Crippen molar-refractivity contribution < 1.29 is 0 Å². The highest BCUT2D eigenvalue weighted by atomic mass is 14.9. The zero-order chi connectivity index (χ0) is 11.7. The Morgan fingerprint density at radius 2 is 1.80 bits per heavy atom. The van der Waals surface area contributed by atoms with Crippen molar-refractivity contribution in [1.82, 2.24) is 5.32 Å². The van der Waals surface area contributed by atoms with Crippen LogP contribution < -0.4 is 5.32 Å². The summed E-state index contributed by atoms with van der Waals surface area (Å²) in [5, 5.41) is 3.60. The first-order valence-corrected chi connectivity index (χ1v) is 6.55. The van der Waals surface area contributed by atoms with Gasteiger partial charge in [-0.3, -0.25) is 0 Å². The average molecular weight is 211 g/mol. The number of nitrogens with one attached hydrogen (secondary N) is 1. The minimum absolute atomic E-state index is 0.696. The summed E-state index contributed by atoms with van der Waals surface area (Å²) in [6.07, 6.45) is 7.31. The molecule has 1 atom stereocenters. The summed E-state index contributed by atoms with van der Waals surface area (Å²) in [6.45, 7) is 12.5. The molecule has 0 bridgehead atoms. The van der Waals surface area contributed by atoms with E-state index in [1.165, 1.54) is 25.0 Å². The van der Waals surface area contributed by atoms with Crippen molar-refractivity contribution in [3.8, 4) is 0 Å². The van der Waals surface area contributed by atoms with Gasteiger partial charge in [-0.25, -0.2) is 0 Å². The van der Waals surface area contributed by atoms with E-state index in [0.29, 0.717) is 5.92 Å². The summed E-state index contributed by atoms with van der Waals surface area (Å²) >= 11 is 0. The maximum absolute atomic E-state index is 3.60. The predicted molar refractivity (Wildman–Crippen MR) is 69.9 cm³/mol. The van der Waals surface area contributed by atoms with Crippen LogP contribution in [-0.4, -0.2) is 6.54 Å². The van der Waals surface area contributed by atoms with Gasteiger partial charge in [0.2, 0.25) is 0 Å². The summed E-state index contributed by atoms with van der Waals surface area (Å²) in [7, 11) is 0. The number of hydrogen-bond acceptors (Lipinski definition) is 1. The quantitative estimate of drug-likeness (QED) is 0.629. The Hall–Kier alpha value is -0.460. The second kappa shape index (κ2) is 8.82. The lowest BCUT2D eigenvalue weighted by Gasteiger charge is -2.18. The molecule has 0 fully saturated rings. The average Bonchev–Trinajstić information content (AvgIpc) is 2.16. The lowest BCUT2D eigenvalue weighted by atomic mass is 10.0. The van der Waals surface area contributed by atoms with Crippen molar-refractivity contribution in [2.45, 2.75) is 60.3 Å². The minimum atomic E-state index is 0.696. The summed E-state index contributed by atoms with van der Waals surface area (Å²) in [5.41, 5.74) is 1.46. The molecule has 0 amide bonds. The summed E-state index contributed by atoms with van der Waals surface area (Å²) < 4.78 is 0. The molecular formula is C14H29N. The zero-order valence-electron chi connectivity index (χ0n) is 11.3. The molecule has 0 aromatic heterocycles. The minimum Gasteiger partial charge on any atom is -0.388 e. The van der Waals surface area contributed by atoms with Crippen LogP contribution in [-0.2, 0) is 0 Å². The summed E-state index contributed by atoms with van der Waals surface area (Å²) in [6, 6.07) is 0. The van der Waals surface area contributed by atoms with Gasteiger partial charge in [-0.15, -0.1) is 0 Å². The fourth-order valence-corrected chi connectivity index (χ4v) is 1.76. The monoisotopic (exact) mass is 211 g/mol. The second-order valence-corrected chi connectivity index (χ2v) is 4.87. The molecule has 0 aromatic carbocycles. The number of rotatable bonds is 8. The molecular weight excluding hydrogens is 182 g/mol. The van der Waals surface area contributed by atoms with Gasteiger partial charge in [-0.2, -0.15) is 0 Å². The fourth-order valence-electron chi connectivity index (χ4n) is 1.76. The third kappa shape index (κ3) is 7.47. The number of hydrogen-bond donors (Lipinski definition) is 1. The Labute approximate surface area is 96.3 Å². The number of allylic oxidation sites excluding steroid dienone is 2. The second-order valence-electron chi connectivity index (χ2n) is 4.87. The van der Waals surface area contributed by atoms with E-state index in [0.717, 1.165) is 18.9 Å². The van der Waals surface area contributed by atoms with Crippen LogP contribution >= 0.6 is 0 Å². The Morgan fingerprint density at radius 1 is 1.13 bits per heavy atom. The van der Waals surface area contributed by atoms with Gasteiger partial charge < -0.3 is 5.32 Å². The molecule has 1 heteroatoms. The van der Waals surface area contributed by atoms with Crippen LogP contribution in [0, 0.1) is 11.8 Å². The Balaban J connectivity index is 3.99. The van der Waals surface area contributed by atoms with E-state index in [4.69, 9.17) is 0 Å². The van der Waals surface area contributed by atoms with E-state index in [2.05, 4.69) is 46.0 Å². The topological polar surface area (TPSA) is 12.0 Å². The van der Waals surface area contributed by atoms with Gasteiger partial charge in [-0.05, 0) is 31.1 Å². The van der Waals surface area contributed by atoms with E-state index in [9.17, 15) is 0 Å². The molecule has 0 aliphatic rings. The van der Waals surface area contributed by atoms with Crippen molar-refractivity contribution in [2.24, 2.45) is 11.8 Å². The van der Waals surface area contributed by atoms with Crippen molar-refractivity contribution in [3.63, 3.8) is 0 Å². The van der Waals surface area contributed by atoms with E-state index in [-0.39, 0.29) is 0 Å². The van der Waals surface area contributed by atoms with Crippen LogP contribution in [0.1, 0.15) is 60.3 Å². The summed E-state index contributed by atoms with van der Waals surface area (Å²) in [4.78, 5) is 0. The molecule has 0 aliphatic carbocycles. The first-order chi connectivity index (χ1) is 7.11. The van der Waals surface area contributed by atoms with E-state index >= 15 is 0 Å². The van der Waals surface area contributed by atoms with Gasteiger partial charge >= 0.3 is 0 Å². The molecule has 0 heterocycles. The molecule has 90 valence electrons.